The Bertz CT molecular complexity index is 677. The first-order chi connectivity index (χ1) is 9.88. The summed E-state index contributed by atoms with van der Waals surface area (Å²) in [7, 11) is 0. The number of carboxylic acids is 1. The molecular formula is C14H13ClN2O4. The molecule has 0 aliphatic heterocycles. The van der Waals surface area contributed by atoms with E-state index in [2.05, 4.69) is 5.10 Å². The molecule has 21 heavy (non-hydrogen) atoms. The normalized spacial score (nSPS) is 10.7. The van der Waals surface area contributed by atoms with E-state index >= 15 is 0 Å². The molecule has 1 heterocycles. The minimum atomic E-state index is -1.15. The Kier molecular flexibility index (Phi) is 4.28. The van der Waals surface area contributed by atoms with E-state index in [4.69, 9.17) is 21.4 Å². The predicted molar refractivity (Wildman–Crippen MR) is 76.0 cm³/mol. The molecule has 0 aliphatic carbocycles. The Morgan fingerprint density at radius 2 is 1.90 bits per heavy atom. The van der Waals surface area contributed by atoms with E-state index in [1.165, 1.54) is 22.9 Å². The quantitative estimate of drug-likeness (QED) is 0.693. The molecule has 0 bridgehead atoms. The number of rotatable bonds is 4. The lowest BCUT2D eigenvalue weighted by Crippen LogP contribution is -2.13. The van der Waals surface area contributed by atoms with Gasteiger partial charge in [-0.05, 0) is 38.1 Å². The topological polar surface area (TPSA) is 81.4 Å². The van der Waals surface area contributed by atoms with Crippen molar-refractivity contribution in [1.29, 1.82) is 0 Å². The minimum Gasteiger partial charge on any atom is -0.477 e. The summed E-state index contributed by atoms with van der Waals surface area (Å²) in [5.41, 5.74) is -0.121. The van der Waals surface area contributed by atoms with Crippen molar-refractivity contribution in [3.8, 4) is 5.75 Å². The van der Waals surface area contributed by atoms with E-state index in [-0.39, 0.29) is 17.4 Å². The van der Waals surface area contributed by atoms with Crippen molar-refractivity contribution < 1.29 is 19.4 Å². The van der Waals surface area contributed by atoms with Crippen molar-refractivity contribution in [2.75, 3.05) is 0 Å². The van der Waals surface area contributed by atoms with Gasteiger partial charge in [0.2, 0.25) is 0 Å². The van der Waals surface area contributed by atoms with Crippen LogP contribution in [0.15, 0.2) is 30.3 Å². The maximum absolute atomic E-state index is 12.0. The van der Waals surface area contributed by atoms with Gasteiger partial charge < -0.3 is 9.84 Å². The van der Waals surface area contributed by atoms with Crippen molar-refractivity contribution >= 4 is 23.5 Å². The monoisotopic (exact) mass is 308 g/mol. The van der Waals surface area contributed by atoms with Gasteiger partial charge in [-0.25, -0.2) is 9.59 Å². The lowest BCUT2D eigenvalue weighted by Gasteiger charge is -2.07. The number of carboxylic acid groups (broad SMARTS) is 1. The molecule has 0 saturated heterocycles. The summed E-state index contributed by atoms with van der Waals surface area (Å²) < 4.78 is 6.38. The van der Waals surface area contributed by atoms with Gasteiger partial charge in [-0.3, -0.25) is 4.68 Å². The molecule has 0 saturated carbocycles. The van der Waals surface area contributed by atoms with E-state index < -0.39 is 11.9 Å². The maximum Gasteiger partial charge on any atom is 0.364 e. The molecule has 0 spiro atoms. The molecule has 1 aromatic heterocycles. The second kappa shape index (κ2) is 5.97. The Labute approximate surface area is 125 Å². The number of nitrogens with zero attached hydrogens (tertiary/aromatic N) is 2. The van der Waals surface area contributed by atoms with Crippen LogP contribution in [0.2, 0.25) is 5.02 Å². The Morgan fingerprint density at radius 1 is 1.29 bits per heavy atom. The lowest BCUT2D eigenvalue weighted by molar-refractivity contribution is 0.0679. The summed E-state index contributed by atoms with van der Waals surface area (Å²) in [5, 5.41) is 13.6. The zero-order valence-electron chi connectivity index (χ0n) is 11.4. The van der Waals surface area contributed by atoms with Gasteiger partial charge in [0.05, 0.1) is 0 Å². The van der Waals surface area contributed by atoms with Crippen LogP contribution in [0.5, 0.6) is 5.75 Å². The van der Waals surface area contributed by atoms with Gasteiger partial charge >= 0.3 is 11.9 Å². The molecule has 0 unspecified atom stereocenters. The number of aromatic carboxylic acids is 1. The van der Waals surface area contributed by atoms with Crippen molar-refractivity contribution in [3.63, 3.8) is 0 Å². The molecule has 7 heteroatoms. The van der Waals surface area contributed by atoms with Crippen LogP contribution in [-0.2, 0) is 0 Å². The van der Waals surface area contributed by atoms with Crippen LogP contribution in [0, 0.1) is 0 Å². The van der Waals surface area contributed by atoms with Gasteiger partial charge in [0, 0.05) is 17.1 Å². The number of hydrogen-bond donors (Lipinski definition) is 1. The molecule has 0 aliphatic rings. The van der Waals surface area contributed by atoms with Gasteiger partial charge in [0.1, 0.15) is 11.4 Å². The molecule has 2 aromatic rings. The number of hydrogen-bond acceptors (Lipinski definition) is 4. The van der Waals surface area contributed by atoms with Gasteiger partial charge in [-0.1, -0.05) is 11.6 Å². The summed E-state index contributed by atoms with van der Waals surface area (Å²) in [4.78, 5) is 23.1. The third-order valence-corrected chi connectivity index (χ3v) is 2.93. The first-order valence-electron chi connectivity index (χ1n) is 6.19. The minimum absolute atomic E-state index is 0.0592. The Balaban J connectivity index is 2.25. The summed E-state index contributed by atoms with van der Waals surface area (Å²) >= 11 is 5.74. The molecule has 1 aromatic carbocycles. The van der Waals surface area contributed by atoms with Crippen molar-refractivity contribution in [2.45, 2.75) is 19.9 Å². The summed E-state index contributed by atoms with van der Waals surface area (Å²) in [6.07, 6.45) is 0. The second-order valence-electron chi connectivity index (χ2n) is 4.60. The van der Waals surface area contributed by atoms with Gasteiger partial charge in [-0.2, -0.15) is 5.10 Å². The van der Waals surface area contributed by atoms with Gasteiger partial charge in [0.15, 0.2) is 5.69 Å². The fourth-order valence-electron chi connectivity index (χ4n) is 1.71. The largest absolute Gasteiger partial charge is 0.477 e. The van der Waals surface area contributed by atoms with E-state index in [1.54, 1.807) is 26.0 Å². The van der Waals surface area contributed by atoms with Gasteiger partial charge in [0.25, 0.3) is 0 Å². The summed E-state index contributed by atoms with van der Waals surface area (Å²) in [6, 6.07) is 7.25. The molecule has 0 fully saturated rings. The number of esters is 1. The van der Waals surface area contributed by atoms with Crippen LogP contribution in [0.1, 0.15) is 40.9 Å². The summed E-state index contributed by atoms with van der Waals surface area (Å²) in [6.45, 7) is 3.54. The van der Waals surface area contributed by atoms with E-state index in [1.807, 2.05) is 0 Å². The number of carbonyl (C=O) groups is 2. The Morgan fingerprint density at radius 3 is 2.38 bits per heavy atom. The van der Waals surface area contributed by atoms with Crippen LogP contribution in [0.25, 0.3) is 0 Å². The number of benzene rings is 1. The molecule has 0 amide bonds. The van der Waals surface area contributed by atoms with Gasteiger partial charge in [-0.15, -0.1) is 0 Å². The molecule has 0 atom stereocenters. The SMILES string of the molecule is CC(C)n1nc(C(=O)Oc2ccc(Cl)cc2)cc1C(=O)O. The van der Waals surface area contributed by atoms with E-state index in [0.717, 1.165) is 0 Å². The van der Waals surface area contributed by atoms with E-state index in [0.29, 0.717) is 10.8 Å². The molecule has 0 radical (unpaired) electrons. The van der Waals surface area contributed by atoms with Crippen LogP contribution in [-0.4, -0.2) is 26.8 Å². The lowest BCUT2D eigenvalue weighted by atomic mass is 10.3. The molecule has 1 N–H and O–H groups in total. The van der Waals surface area contributed by atoms with Crippen molar-refractivity contribution in [1.82, 2.24) is 9.78 Å². The zero-order chi connectivity index (χ0) is 15.6. The predicted octanol–water partition coefficient (Wildman–Crippen LogP) is 3.03. The highest BCUT2D eigenvalue weighted by atomic mass is 35.5. The number of halogens is 1. The van der Waals surface area contributed by atoms with Crippen LogP contribution in [0.4, 0.5) is 0 Å². The third kappa shape index (κ3) is 3.41. The van der Waals surface area contributed by atoms with Crippen molar-refractivity contribution in [3.05, 3.63) is 46.7 Å². The fourth-order valence-corrected chi connectivity index (χ4v) is 1.84. The highest BCUT2D eigenvalue weighted by molar-refractivity contribution is 6.30. The third-order valence-electron chi connectivity index (χ3n) is 2.68. The first kappa shape index (κ1) is 15.1. The number of aromatic nitrogens is 2. The fraction of sp³-hybridized carbons (Fsp3) is 0.214. The average molecular weight is 309 g/mol. The number of carbonyl (C=O) groups excluding carboxylic acids is 1. The average Bonchev–Trinajstić information content (AvgIpc) is 2.87. The molecule has 2 rings (SSSR count). The smallest absolute Gasteiger partial charge is 0.364 e. The maximum atomic E-state index is 12.0. The van der Waals surface area contributed by atoms with Crippen molar-refractivity contribution in [2.24, 2.45) is 0 Å². The van der Waals surface area contributed by atoms with Crippen LogP contribution < -0.4 is 4.74 Å². The van der Waals surface area contributed by atoms with E-state index in [9.17, 15) is 9.59 Å². The highest BCUT2D eigenvalue weighted by Gasteiger charge is 2.21. The molecular weight excluding hydrogens is 296 g/mol. The molecule has 6 nitrogen and oxygen atoms in total. The highest BCUT2D eigenvalue weighted by Crippen LogP contribution is 2.18. The van der Waals surface area contributed by atoms with Crippen LogP contribution >= 0.6 is 11.6 Å². The zero-order valence-corrected chi connectivity index (χ0v) is 12.2. The first-order valence-corrected chi connectivity index (χ1v) is 6.57. The standard InChI is InChI=1S/C14H13ClN2O4/c1-8(2)17-12(13(18)19)7-11(16-17)14(20)21-10-5-3-9(15)4-6-10/h3-8H,1-2H3,(H,18,19). The van der Waals surface area contributed by atoms with Crippen LogP contribution in [0.3, 0.4) is 0 Å². The molecule has 110 valence electrons. The Hall–Kier alpha value is -2.34. The number of ether oxygens (including phenoxy) is 1. The second-order valence-corrected chi connectivity index (χ2v) is 5.04. The summed E-state index contributed by atoms with van der Waals surface area (Å²) in [5.74, 6) is -1.57.